The van der Waals surface area contributed by atoms with Crippen LogP contribution < -0.4 is 10.6 Å². The van der Waals surface area contributed by atoms with E-state index in [2.05, 4.69) is 29.6 Å². The minimum Gasteiger partial charge on any atom is -0.378 e. The Labute approximate surface area is 84.7 Å². The van der Waals surface area contributed by atoms with Gasteiger partial charge in [-0.15, -0.1) is 0 Å². The van der Waals surface area contributed by atoms with Crippen LogP contribution in [0.25, 0.3) is 0 Å². The molecule has 0 amide bonds. The molecule has 0 aromatic carbocycles. The van der Waals surface area contributed by atoms with Crippen LogP contribution >= 0.6 is 0 Å². The van der Waals surface area contributed by atoms with E-state index in [-0.39, 0.29) is 0 Å². The Morgan fingerprint density at radius 2 is 2.29 bits per heavy atom. The third-order valence-electron chi connectivity index (χ3n) is 2.92. The molecule has 1 aromatic heterocycles. The van der Waals surface area contributed by atoms with E-state index in [1.54, 1.807) is 0 Å². The first-order chi connectivity index (χ1) is 6.68. The Hall–Kier alpha value is -1.03. The van der Waals surface area contributed by atoms with Crippen molar-refractivity contribution in [2.75, 3.05) is 18.4 Å². The first kappa shape index (κ1) is 9.52. The normalized spacial score (nSPS) is 21.5. The summed E-state index contributed by atoms with van der Waals surface area (Å²) in [6, 6.07) is 0.566. The molecule has 2 heterocycles. The summed E-state index contributed by atoms with van der Waals surface area (Å²) in [6.07, 6.45) is 1.20. The number of aryl methyl sites for hydroxylation is 2. The van der Waals surface area contributed by atoms with E-state index < -0.39 is 0 Å². The van der Waals surface area contributed by atoms with Crippen LogP contribution in [-0.4, -0.2) is 28.9 Å². The molecule has 4 nitrogen and oxygen atoms in total. The van der Waals surface area contributed by atoms with Gasteiger partial charge in [0.1, 0.15) is 0 Å². The zero-order valence-corrected chi connectivity index (χ0v) is 9.09. The smallest absolute Gasteiger partial charge is 0.0827 e. The zero-order valence-electron chi connectivity index (χ0n) is 9.09. The standard InChI is InChI=1S/C10H18N4/c1-7-10(8(2)14(3)13-7)12-9-4-5-11-6-9/h9,11-12H,4-6H2,1-3H3. The fourth-order valence-corrected chi connectivity index (χ4v) is 1.96. The first-order valence-corrected chi connectivity index (χ1v) is 5.16. The fourth-order valence-electron chi connectivity index (χ4n) is 1.96. The molecule has 0 radical (unpaired) electrons. The summed E-state index contributed by atoms with van der Waals surface area (Å²) in [7, 11) is 1.99. The lowest BCUT2D eigenvalue weighted by Crippen LogP contribution is -2.22. The van der Waals surface area contributed by atoms with Crippen molar-refractivity contribution in [3.05, 3.63) is 11.4 Å². The summed E-state index contributed by atoms with van der Waals surface area (Å²) in [4.78, 5) is 0. The molecule has 1 aliphatic heterocycles. The summed E-state index contributed by atoms with van der Waals surface area (Å²) < 4.78 is 1.93. The lowest BCUT2D eigenvalue weighted by molar-refractivity contribution is 0.730. The van der Waals surface area contributed by atoms with Crippen LogP contribution in [0.2, 0.25) is 0 Å². The van der Waals surface area contributed by atoms with Gasteiger partial charge in [0, 0.05) is 19.6 Å². The minimum atomic E-state index is 0.566. The minimum absolute atomic E-state index is 0.566. The summed E-state index contributed by atoms with van der Waals surface area (Å²) >= 11 is 0. The molecule has 0 spiro atoms. The van der Waals surface area contributed by atoms with Crippen molar-refractivity contribution in [1.82, 2.24) is 15.1 Å². The van der Waals surface area contributed by atoms with E-state index >= 15 is 0 Å². The molecule has 0 bridgehead atoms. The third kappa shape index (κ3) is 1.62. The van der Waals surface area contributed by atoms with Gasteiger partial charge in [-0.25, -0.2) is 0 Å². The van der Waals surface area contributed by atoms with Gasteiger partial charge in [-0.3, -0.25) is 4.68 Å². The highest BCUT2D eigenvalue weighted by molar-refractivity contribution is 5.52. The second-order valence-electron chi connectivity index (χ2n) is 4.00. The molecule has 2 N–H and O–H groups in total. The maximum absolute atomic E-state index is 4.39. The Morgan fingerprint density at radius 1 is 1.50 bits per heavy atom. The first-order valence-electron chi connectivity index (χ1n) is 5.16. The molecule has 1 atom stereocenters. The largest absolute Gasteiger partial charge is 0.378 e. The Bertz CT molecular complexity index is 323. The second kappa shape index (κ2) is 3.61. The molecule has 1 saturated heterocycles. The van der Waals surface area contributed by atoms with Gasteiger partial charge in [-0.2, -0.15) is 5.10 Å². The SMILES string of the molecule is Cc1nn(C)c(C)c1NC1CCNC1. The molecule has 1 aliphatic rings. The summed E-state index contributed by atoms with van der Waals surface area (Å²) in [5.41, 5.74) is 3.52. The molecular formula is C10H18N4. The average molecular weight is 194 g/mol. The van der Waals surface area contributed by atoms with Gasteiger partial charge < -0.3 is 10.6 Å². The summed E-state index contributed by atoms with van der Waals surface area (Å²) in [6.45, 7) is 6.34. The number of aromatic nitrogens is 2. The van der Waals surface area contributed by atoms with E-state index in [1.807, 2.05) is 11.7 Å². The Morgan fingerprint density at radius 3 is 2.79 bits per heavy atom. The molecule has 0 aliphatic carbocycles. The zero-order chi connectivity index (χ0) is 10.1. The lowest BCUT2D eigenvalue weighted by Gasteiger charge is -2.12. The van der Waals surface area contributed by atoms with Gasteiger partial charge in [0.25, 0.3) is 0 Å². The quantitative estimate of drug-likeness (QED) is 0.732. The molecule has 78 valence electrons. The third-order valence-corrected chi connectivity index (χ3v) is 2.92. The monoisotopic (exact) mass is 194 g/mol. The highest BCUT2D eigenvalue weighted by Gasteiger charge is 2.17. The van der Waals surface area contributed by atoms with Gasteiger partial charge in [-0.1, -0.05) is 0 Å². The van der Waals surface area contributed by atoms with Crippen LogP contribution in [0.1, 0.15) is 17.8 Å². The topological polar surface area (TPSA) is 41.9 Å². The molecular weight excluding hydrogens is 176 g/mol. The van der Waals surface area contributed by atoms with Crippen molar-refractivity contribution in [2.24, 2.45) is 7.05 Å². The predicted molar refractivity (Wildman–Crippen MR) is 57.6 cm³/mol. The molecule has 14 heavy (non-hydrogen) atoms. The summed E-state index contributed by atoms with van der Waals surface area (Å²) in [5, 5.41) is 11.3. The molecule has 2 rings (SSSR count). The second-order valence-corrected chi connectivity index (χ2v) is 4.00. The van der Waals surface area contributed by atoms with E-state index in [1.165, 1.54) is 17.8 Å². The predicted octanol–water partition coefficient (Wildman–Crippen LogP) is 0.811. The number of nitrogens with one attached hydrogen (secondary N) is 2. The van der Waals surface area contributed by atoms with Crippen LogP contribution in [-0.2, 0) is 7.05 Å². The van der Waals surface area contributed by atoms with Crippen molar-refractivity contribution in [3.8, 4) is 0 Å². The van der Waals surface area contributed by atoms with Crippen LogP contribution in [0.15, 0.2) is 0 Å². The fraction of sp³-hybridized carbons (Fsp3) is 0.700. The summed E-state index contributed by atoms with van der Waals surface area (Å²) in [5.74, 6) is 0. The molecule has 1 fully saturated rings. The van der Waals surface area contributed by atoms with E-state index in [0.29, 0.717) is 6.04 Å². The van der Waals surface area contributed by atoms with Crippen molar-refractivity contribution < 1.29 is 0 Å². The van der Waals surface area contributed by atoms with Crippen molar-refractivity contribution in [1.29, 1.82) is 0 Å². The van der Waals surface area contributed by atoms with Gasteiger partial charge in [0.15, 0.2) is 0 Å². The van der Waals surface area contributed by atoms with Crippen LogP contribution in [0, 0.1) is 13.8 Å². The molecule has 0 saturated carbocycles. The van der Waals surface area contributed by atoms with E-state index in [9.17, 15) is 0 Å². The van der Waals surface area contributed by atoms with Crippen LogP contribution in [0.5, 0.6) is 0 Å². The lowest BCUT2D eigenvalue weighted by atomic mass is 10.2. The van der Waals surface area contributed by atoms with Gasteiger partial charge in [0.05, 0.1) is 17.1 Å². The van der Waals surface area contributed by atoms with Crippen molar-refractivity contribution in [2.45, 2.75) is 26.3 Å². The van der Waals surface area contributed by atoms with Crippen LogP contribution in [0.3, 0.4) is 0 Å². The molecule has 1 unspecified atom stereocenters. The Kier molecular flexibility index (Phi) is 2.46. The van der Waals surface area contributed by atoms with Crippen LogP contribution in [0.4, 0.5) is 5.69 Å². The number of hydrogen-bond donors (Lipinski definition) is 2. The average Bonchev–Trinajstić information content (AvgIpc) is 2.71. The number of nitrogens with zero attached hydrogens (tertiary/aromatic N) is 2. The molecule has 1 aromatic rings. The highest BCUT2D eigenvalue weighted by atomic mass is 15.3. The molecule has 4 heteroatoms. The maximum atomic E-state index is 4.39. The van der Waals surface area contributed by atoms with Gasteiger partial charge in [-0.05, 0) is 26.8 Å². The van der Waals surface area contributed by atoms with Gasteiger partial charge >= 0.3 is 0 Å². The van der Waals surface area contributed by atoms with Crippen molar-refractivity contribution in [3.63, 3.8) is 0 Å². The Balaban J connectivity index is 2.14. The van der Waals surface area contributed by atoms with E-state index in [0.717, 1.165) is 18.8 Å². The van der Waals surface area contributed by atoms with Crippen molar-refractivity contribution >= 4 is 5.69 Å². The number of hydrogen-bond acceptors (Lipinski definition) is 3. The van der Waals surface area contributed by atoms with Gasteiger partial charge in [0.2, 0.25) is 0 Å². The maximum Gasteiger partial charge on any atom is 0.0827 e. The highest BCUT2D eigenvalue weighted by Crippen LogP contribution is 2.20. The number of rotatable bonds is 2. The van der Waals surface area contributed by atoms with E-state index in [4.69, 9.17) is 0 Å². The number of anilines is 1.